The minimum Gasteiger partial charge on any atom is -0.390 e. The Morgan fingerprint density at radius 2 is 2.05 bits per heavy atom. The summed E-state index contributed by atoms with van der Waals surface area (Å²) in [6, 6.07) is 9.82. The lowest BCUT2D eigenvalue weighted by Gasteiger charge is -2.19. The molecule has 21 heavy (non-hydrogen) atoms. The maximum Gasteiger partial charge on any atom is 0.167 e. The van der Waals surface area contributed by atoms with E-state index in [4.69, 9.17) is 0 Å². The Hall–Kier alpha value is -2.45. The first-order chi connectivity index (χ1) is 10.1. The highest BCUT2D eigenvalue weighted by atomic mass is 16.3. The van der Waals surface area contributed by atoms with Gasteiger partial charge in [-0.2, -0.15) is 10.4 Å². The Kier molecular flexibility index (Phi) is 3.32. The number of nitrogens with zero attached hydrogens (tertiary/aromatic N) is 3. The molecule has 0 radical (unpaired) electrons. The monoisotopic (exact) mass is 280 g/mol. The second-order valence-corrected chi connectivity index (χ2v) is 5.34. The van der Waals surface area contributed by atoms with E-state index >= 15 is 0 Å². The molecular formula is C16H16N4O. The highest BCUT2D eigenvalue weighted by Gasteiger charge is 2.31. The molecule has 0 unspecified atom stereocenters. The number of benzene rings is 1. The summed E-state index contributed by atoms with van der Waals surface area (Å²) in [5.74, 6) is 0.432. The summed E-state index contributed by atoms with van der Waals surface area (Å²) in [4.78, 5) is 0. The highest BCUT2D eigenvalue weighted by molar-refractivity contribution is 5.57. The van der Waals surface area contributed by atoms with E-state index in [1.807, 2.05) is 38.1 Å². The van der Waals surface area contributed by atoms with E-state index in [2.05, 4.69) is 21.6 Å². The molecule has 0 saturated carbocycles. The van der Waals surface area contributed by atoms with Gasteiger partial charge in [0, 0.05) is 6.42 Å². The van der Waals surface area contributed by atoms with Gasteiger partial charge in [0.25, 0.3) is 0 Å². The van der Waals surface area contributed by atoms with Gasteiger partial charge < -0.3 is 10.4 Å². The molecule has 1 aromatic heterocycles. The van der Waals surface area contributed by atoms with E-state index in [9.17, 15) is 10.4 Å². The first kappa shape index (κ1) is 13.5. The van der Waals surface area contributed by atoms with Gasteiger partial charge in [-0.1, -0.05) is 24.3 Å². The number of fused-ring (bicyclic) bond motifs is 1. The number of aliphatic hydroxyl groups excluding tert-OH is 1. The summed E-state index contributed by atoms with van der Waals surface area (Å²) >= 11 is 0. The Bertz CT molecular complexity index is 736. The average Bonchev–Trinajstić information content (AvgIpc) is 2.79. The number of aryl methyl sites for hydroxylation is 1. The number of anilines is 1. The fourth-order valence-corrected chi connectivity index (χ4v) is 2.74. The quantitative estimate of drug-likeness (QED) is 0.879. The van der Waals surface area contributed by atoms with Crippen LogP contribution in [0.3, 0.4) is 0 Å². The van der Waals surface area contributed by atoms with Crippen LogP contribution in [0.4, 0.5) is 5.82 Å². The molecule has 1 aromatic carbocycles. The van der Waals surface area contributed by atoms with Gasteiger partial charge >= 0.3 is 0 Å². The van der Waals surface area contributed by atoms with Gasteiger partial charge in [-0.05, 0) is 30.5 Å². The molecule has 0 bridgehead atoms. The van der Waals surface area contributed by atoms with Crippen LogP contribution in [0.2, 0.25) is 0 Å². The maximum absolute atomic E-state index is 10.3. The molecule has 0 fully saturated rings. The zero-order valence-electron chi connectivity index (χ0n) is 12.0. The summed E-state index contributed by atoms with van der Waals surface area (Å²) in [6.07, 6.45) is 0.0749. The average molecular weight is 280 g/mol. The topological polar surface area (TPSA) is 81.8 Å². The van der Waals surface area contributed by atoms with Crippen LogP contribution in [0.5, 0.6) is 0 Å². The molecule has 1 aliphatic rings. The fourth-order valence-electron chi connectivity index (χ4n) is 2.74. The van der Waals surface area contributed by atoms with Gasteiger partial charge in [-0.15, -0.1) is 5.10 Å². The lowest BCUT2D eigenvalue weighted by Crippen LogP contribution is -2.22. The largest absolute Gasteiger partial charge is 0.390 e. The number of nitrogens with one attached hydrogen (secondary N) is 1. The van der Waals surface area contributed by atoms with Crippen molar-refractivity contribution in [3.8, 4) is 6.07 Å². The smallest absolute Gasteiger partial charge is 0.167 e. The summed E-state index contributed by atoms with van der Waals surface area (Å²) < 4.78 is 0. The second kappa shape index (κ2) is 5.15. The summed E-state index contributed by atoms with van der Waals surface area (Å²) in [7, 11) is 0. The van der Waals surface area contributed by atoms with E-state index in [-0.39, 0.29) is 6.04 Å². The van der Waals surface area contributed by atoms with Crippen molar-refractivity contribution in [2.45, 2.75) is 32.4 Å². The Labute approximate surface area is 123 Å². The van der Waals surface area contributed by atoms with Gasteiger partial charge in [0.15, 0.2) is 5.82 Å². The van der Waals surface area contributed by atoms with Crippen molar-refractivity contribution in [1.82, 2.24) is 10.2 Å². The van der Waals surface area contributed by atoms with Gasteiger partial charge in [-0.25, -0.2) is 0 Å². The molecule has 5 heteroatoms. The van der Waals surface area contributed by atoms with Crippen molar-refractivity contribution >= 4 is 5.82 Å². The molecule has 2 aromatic rings. The van der Waals surface area contributed by atoms with Crippen LogP contribution in [0, 0.1) is 25.2 Å². The zero-order valence-corrected chi connectivity index (χ0v) is 12.0. The molecule has 5 nitrogen and oxygen atoms in total. The zero-order chi connectivity index (χ0) is 15.0. The fraction of sp³-hybridized carbons (Fsp3) is 0.312. The Morgan fingerprint density at radius 1 is 1.29 bits per heavy atom. The van der Waals surface area contributed by atoms with Gasteiger partial charge in [-0.3, -0.25) is 0 Å². The van der Waals surface area contributed by atoms with Crippen LogP contribution >= 0.6 is 0 Å². The number of rotatable bonds is 2. The molecule has 0 saturated heterocycles. The number of hydrogen-bond acceptors (Lipinski definition) is 5. The van der Waals surface area contributed by atoms with Crippen LogP contribution in [-0.4, -0.2) is 21.4 Å². The summed E-state index contributed by atoms with van der Waals surface area (Å²) in [6.45, 7) is 3.68. The predicted octanol–water partition coefficient (Wildman–Crippen LogP) is 2.04. The number of aromatic nitrogens is 2. The van der Waals surface area contributed by atoms with Crippen molar-refractivity contribution in [2.24, 2.45) is 0 Å². The van der Waals surface area contributed by atoms with Gasteiger partial charge in [0.1, 0.15) is 11.6 Å². The van der Waals surface area contributed by atoms with E-state index in [0.29, 0.717) is 17.8 Å². The number of nitriles is 1. The number of aliphatic hydroxyl groups is 1. The standard InChI is InChI=1S/C16H16N4O/c1-9-10(2)19-20-16(13(9)8-17)18-15-12-6-4-3-5-11(12)7-14(15)21/h3-6,14-15,21H,7H2,1-2H3,(H,18,20)/t14-,15+/m1/s1. The molecule has 106 valence electrons. The van der Waals surface area contributed by atoms with Crippen molar-refractivity contribution in [2.75, 3.05) is 5.32 Å². The van der Waals surface area contributed by atoms with Gasteiger partial charge in [0.2, 0.25) is 0 Å². The lowest BCUT2D eigenvalue weighted by molar-refractivity contribution is 0.165. The van der Waals surface area contributed by atoms with Crippen LogP contribution < -0.4 is 5.32 Å². The molecule has 2 atom stereocenters. The SMILES string of the molecule is Cc1nnc(N[C@H]2c3ccccc3C[C@H]2O)c(C#N)c1C. The van der Waals surface area contributed by atoms with Crippen LogP contribution in [0.1, 0.15) is 34.0 Å². The molecule has 0 aliphatic heterocycles. The van der Waals surface area contributed by atoms with Crippen LogP contribution in [-0.2, 0) is 6.42 Å². The normalized spacial score (nSPS) is 19.9. The third-order valence-corrected chi connectivity index (χ3v) is 4.06. The second-order valence-electron chi connectivity index (χ2n) is 5.34. The lowest BCUT2D eigenvalue weighted by atomic mass is 10.1. The summed E-state index contributed by atoms with van der Waals surface area (Å²) in [5.41, 5.74) is 4.21. The minimum atomic E-state index is -0.530. The summed E-state index contributed by atoms with van der Waals surface area (Å²) in [5, 5.41) is 30.9. The van der Waals surface area contributed by atoms with E-state index < -0.39 is 6.10 Å². The molecular weight excluding hydrogens is 264 g/mol. The maximum atomic E-state index is 10.3. The molecule has 0 spiro atoms. The third-order valence-electron chi connectivity index (χ3n) is 4.06. The Morgan fingerprint density at radius 3 is 2.81 bits per heavy atom. The minimum absolute atomic E-state index is 0.260. The van der Waals surface area contributed by atoms with E-state index in [1.165, 1.54) is 0 Å². The van der Waals surface area contributed by atoms with Crippen LogP contribution in [0.15, 0.2) is 24.3 Å². The first-order valence-corrected chi connectivity index (χ1v) is 6.88. The van der Waals surface area contributed by atoms with Crippen molar-refractivity contribution in [3.05, 3.63) is 52.2 Å². The van der Waals surface area contributed by atoms with E-state index in [1.54, 1.807) is 0 Å². The molecule has 2 N–H and O–H groups in total. The Balaban J connectivity index is 1.99. The number of hydrogen-bond donors (Lipinski definition) is 2. The third kappa shape index (κ3) is 2.24. The highest BCUT2D eigenvalue weighted by Crippen LogP contribution is 2.34. The molecule has 3 rings (SSSR count). The predicted molar refractivity (Wildman–Crippen MR) is 78.7 cm³/mol. The molecule has 0 amide bonds. The first-order valence-electron chi connectivity index (χ1n) is 6.88. The van der Waals surface area contributed by atoms with Crippen molar-refractivity contribution in [1.29, 1.82) is 5.26 Å². The van der Waals surface area contributed by atoms with E-state index in [0.717, 1.165) is 22.4 Å². The molecule has 1 aliphatic carbocycles. The van der Waals surface area contributed by atoms with Crippen LogP contribution in [0.25, 0.3) is 0 Å². The molecule has 1 heterocycles. The van der Waals surface area contributed by atoms with Crippen molar-refractivity contribution in [3.63, 3.8) is 0 Å². The van der Waals surface area contributed by atoms with Crippen molar-refractivity contribution < 1.29 is 5.11 Å². The van der Waals surface area contributed by atoms with Gasteiger partial charge in [0.05, 0.1) is 17.8 Å².